The first-order valence-corrected chi connectivity index (χ1v) is 8.44. The van der Waals surface area contributed by atoms with E-state index in [2.05, 4.69) is 19.7 Å². The van der Waals surface area contributed by atoms with Crippen molar-refractivity contribution in [2.24, 2.45) is 5.92 Å². The molecule has 2 heterocycles. The maximum absolute atomic E-state index is 13.1. The van der Waals surface area contributed by atoms with E-state index in [9.17, 15) is 13.6 Å². The minimum atomic E-state index is -2.89. The normalized spacial score (nSPS) is 18.8. The number of carbonyl (C=O) groups is 1. The summed E-state index contributed by atoms with van der Waals surface area (Å²) in [5.74, 6) is -0.448. The molecule has 1 amide bonds. The molecular formula is C18H16F2N4O3. The van der Waals surface area contributed by atoms with E-state index in [0.717, 1.165) is 5.69 Å². The van der Waals surface area contributed by atoms with Crippen LogP contribution in [0.4, 0.5) is 14.5 Å². The van der Waals surface area contributed by atoms with E-state index in [4.69, 9.17) is 4.42 Å². The van der Waals surface area contributed by atoms with Crippen LogP contribution in [0.15, 0.2) is 47.6 Å². The zero-order valence-corrected chi connectivity index (χ0v) is 14.2. The number of rotatable bonds is 7. The molecule has 0 saturated heterocycles. The van der Waals surface area contributed by atoms with Gasteiger partial charge in [0.2, 0.25) is 5.91 Å². The molecule has 0 radical (unpaired) electrons. The van der Waals surface area contributed by atoms with Gasteiger partial charge in [0.1, 0.15) is 11.8 Å². The number of ether oxygens (including phenoxy) is 1. The molecule has 1 aromatic carbocycles. The molecule has 9 heteroatoms. The van der Waals surface area contributed by atoms with Crippen molar-refractivity contribution >= 4 is 22.7 Å². The molecule has 0 aliphatic heterocycles. The average Bonchev–Trinajstić information content (AvgIpc) is 3.34. The lowest BCUT2D eigenvalue weighted by molar-refractivity contribution is -0.130. The van der Waals surface area contributed by atoms with Crippen LogP contribution < -0.4 is 4.90 Å². The van der Waals surface area contributed by atoms with E-state index in [1.54, 1.807) is 30.5 Å². The third kappa shape index (κ3) is 3.63. The summed E-state index contributed by atoms with van der Waals surface area (Å²) in [7, 11) is 0. The number of nitrogens with zero attached hydrogens (tertiary/aromatic N) is 4. The number of alkyl halides is 2. The fourth-order valence-electron chi connectivity index (χ4n) is 3.19. The van der Waals surface area contributed by atoms with Crippen molar-refractivity contribution in [3.05, 3.63) is 48.9 Å². The maximum atomic E-state index is 13.1. The van der Waals surface area contributed by atoms with Gasteiger partial charge in [-0.2, -0.15) is 8.78 Å². The molecule has 0 N–H and O–H groups in total. The van der Waals surface area contributed by atoms with Gasteiger partial charge >= 0.3 is 6.61 Å². The number of anilines is 1. The number of hydrogen-bond donors (Lipinski definition) is 0. The Morgan fingerprint density at radius 2 is 2.22 bits per heavy atom. The highest BCUT2D eigenvalue weighted by molar-refractivity contribution is 6.03. The Morgan fingerprint density at radius 3 is 3.00 bits per heavy atom. The van der Waals surface area contributed by atoms with E-state index < -0.39 is 6.61 Å². The minimum Gasteiger partial charge on any atom is -0.443 e. The molecule has 0 bridgehead atoms. The van der Waals surface area contributed by atoms with E-state index in [1.807, 2.05) is 0 Å². The molecule has 4 rings (SSSR count). The summed E-state index contributed by atoms with van der Waals surface area (Å²) >= 11 is 0. The summed E-state index contributed by atoms with van der Waals surface area (Å²) < 4.78 is 34.4. The van der Waals surface area contributed by atoms with Crippen molar-refractivity contribution in [3.8, 4) is 0 Å². The lowest BCUT2D eigenvalue weighted by Crippen LogP contribution is -2.36. The molecule has 1 aliphatic carbocycles. The first-order valence-electron chi connectivity index (χ1n) is 8.44. The Kier molecular flexibility index (Phi) is 4.76. The van der Waals surface area contributed by atoms with Crippen LogP contribution in [-0.2, 0) is 9.53 Å². The molecule has 2 atom stereocenters. The van der Waals surface area contributed by atoms with Crippen molar-refractivity contribution in [1.82, 2.24) is 15.0 Å². The van der Waals surface area contributed by atoms with Crippen LogP contribution in [0.1, 0.15) is 18.0 Å². The van der Waals surface area contributed by atoms with E-state index >= 15 is 0 Å². The third-order valence-electron chi connectivity index (χ3n) is 4.55. The number of benzene rings is 1. The molecular weight excluding hydrogens is 358 g/mol. The second-order valence-electron chi connectivity index (χ2n) is 6.18. The van der Waals surface area contributed by atoms with Crippen molar-refractivity contribution < 1.29 is 22.7 Å². The van der Waals surface area contributed by atoms with Crippen molar-refractivity contribution in [3.63, 3.8) is 0 Å². The Bertz CT molecular complexity index is 935. The second kappa shape index (κ2) is 7.36. The van der Waals surface area contributed by atoms with Gasteiger partial charge in [0.05, 0.1) is 12.3 Å². The first-order chi connectivity index (χ1) is 13.1. The molecule has 1 saturated carbocycles. The number of halogens is 2. The van der Waals surface area contributed by atoms with Crippen LogP contribution in [0.2, 0.25) is 0 Å². The predicted octanol–water partition coefficient (Wildman–Crippen LogP) is 2.99. The highest BCUT2D eigenvalue weighted by atomic mass is 19.3. The Labute approximate surface area is 153 Å². The third-order valence-corrected chi connectivity index (χ3v) is 4.55. The summed E-state index contributed by atoms with van der Waals surface area (Å²) in [6.45, 7) is -3.19. The topological polar surface area (TPSA) is 81.4 Å². The van der Waals surface area contributed by atoms with Gasteiger partial charge in [0.15, 0.2) is 12.0 Å². The maximum Gasteiger partial charge on any atom is 0.345 e. The smallest absolute Gasteiger partial charge is 0.345 e. The standard InChI is InChI=1S/C18H16F2N4O3/c19-18(20)26-7-6-24(14-2-1-3-15-16(14)23-10-27-15)17(25)12-8-11(12)13-4-5-21-9-22-13/h1-5,9-12,18H,6-8H2. The van der Waals surface area contributed by atoms with Crippen LogP contribution in [0.5, 0.6) is 0 Å². The highest BCUT2D eigenvalue weighted by Gasteiger charge is 2.47. The van der Waals surface area contributed by atoms with Crippen molar-refractivity contribution in [1.29, 1.82) is 0 Å². The fourth-order valence-corrected chi connectivity index (χ4v) is 3.19. The number of oxazole rings is 1. The number of carbonyl (C=O) groups excluding carboxylic acids is 1. The Balaban J connectivity index is 1.58. The summed E-state index contributed by atoms with van der Waals surface area (Å²) in [6.07, 6.45) is 5.01. The number of para-hydroxylation sites is 1. The number of fused-ring (bicyclic) bond motifs is 1. The van der Waals surface area contributed by atoms with Crippen LogP contribution in [-0.4, -0.2) is 40.6 Å². The van der Waals surface area contributed by atoms with Gasteiger partial charge in [0.25, 0.3) is 0 Å². The molecule has 2 aromatic heterocycles. The lowest BCUT2D eigenvalue weighted by Gasteiger charge is -2.23. The number of hydrogen-bond acceptors (Lipinski definition) is 6. The van der Waals surface area contributed by atoms with E-state index in [-0.39, 0.29) is 30.9 Å². The van der Waals surface area contributed by atoms with Gasteiger partial charge in [-0.05, 0) is 24.6 Å². The largest absolute Gasteiger partial charge is 0.443 e. The van der Waals surface area contributed by atoms with Crippen LogP contribution in [0, 0.1) is 5.92 Å². The average molecular weight is 374 g/mol. The summed E-state index contributed by atoms with van der Waals surface area (Å²) in [6, 6.07) is 6.95. The molecule has 3 aromatic rings. The molecule has 2 unspecified atom stereocenters. The molecule has 27 heavy (non-hydrogen) atoms. The fraction of sp³-hybridized carbons (Fsp3) is 0.333. The number of amides is 1. The van der Waals surface area contributed by atoms with Gasteiger partial charge in [-0.3, -0.25) is 4.79 Å². The Morgan fingerprint density at radius 1 is 1.33 bits per heavy atom. The summed E-state index contributed by atoms with van der Waals surface area (Å²) in [5, 5.41) is 0. The van der Waals surface area contributed by atoms with Crippen LogP contribution >= 0.6 is 0 Å². The van der Waals surface area contributed by atoms with Crippen molar-refractivity contribution in [2.45, 2.75) is 19.0 Å². The van der Waals surface area contributed by atoms with E-state index in [0.29, 0.717) is 23.2 Å². The van der Waals surface area contributed by atoms with Gasteiger partial charge in [-0.25, -0.2) is 15.0 Å². The monoisotopic (exact) mass is 374 g/mol. The second-order valence-corrected chi connectivity index (χ2v) is 6.18. The zero-order valence-electron chi connectivity index (χ0n) is 14.2. The van der Waals surface area contributed by atoms with Gasteiger partial charge in [-0.1, -0.05) is 6.07 Å². The van der Waals surface area contributed by atoms with Gasteiger partial charge in [0, 0.05) is 30.3 Å². The van der Waals surface area contributed by atoms with Gasteiger partial charge in [-0.15, -0.1) is 0 Å². The molecule has 1 aliphatic rings. The summed E-state index contributed by atoms with van der Waals surface area (Å²) in [5.41, 5.74) is 2.33. The summed E-state index contributed by atoms with van der Waals surface area (Å²) in [4.78, 5) is 26.8. The molecule has 7 nitrogen and oxygen atoms in total. The molecule has 140 valence electrons. The molecule has 1 fully saturated rings. The first kappa shape index (κ1) is 17.5. The quantitative estimate of drug-likeness (QED) is 0.632. The zero-order chi connectivity index (χ0) is 18.8. The van der Waals surface area contributed by atoms with Crippen LogP contribution in [0.25, 0.3) is 11.1 Å². The number of aromatic nitrogens is 3. The van der Waals surface area contributed by atoms with Gasteiger partial charge < -0.3 is 14.1 Å². The van der Waals surface area contributed by atoms with E-state index in [1.165, 1.54) is 17.6 Å². The minimum absolute atomic E-state index is 0.00414. The highest BCUT2D eigenvalue weighted by Crippen LogP contribution is 2.48. The molecule has 0 spiro atoms. The van der Waals surface area contributed by atoms with Crippen LogP contribution in [0.3, 0.4) is 0 Å². The SMILES string of the molecule is O=C(C1CC1c1ccncn1)N(CCOC(F)F)c1cccc2ocnc12. The lowest BCUT2D eigenvalue weighted by atomic mass is 10.2. The Hall–Kier alpha value is -2.94. The predicted molar refractivity (Wildman–Crippen MR) is 91.2 cm³/mol. The van der Waals surface area contributed by atoms with Crippen molar-refractivity contribution in [2.75, 3.05) is 18.1 Å².